The average molecular weight is 480 g/mol. The molecule has 2 aromatic carbocycles. The van der Waals surface area contributed by atoms with Gasteiger partial charge in [-0.1, -0.05) is 66.7 Å². The van der Waals surface area contributed by atoms with Gasteiger partial charge in [-0.2, -0.15) is 0 Å². The van der Waals surface area contributed by atoms with Gasteiger partial charge >= 0.3 is 11.9 Å². The molecule has 176 valence electrons. The molecule has 1 unspecified atom stereocenters. The third-order valence-electron chi connectivity index (χ3n) is 5.89. The van der Waals surface area contributed by atoms with Gasteiger partial charge in [0.25, 0.3) is 5.91 Å². The van der Waals surface area contributed by atoms with E-state index in [0.29, 0.717) is 11.3 Å². The maximum atomic E-state index is 13.4. The van der Waals surface area contributed by atoms with E-state index in [1.807, 2.05) is 60.7 Å². The number of esters is 2. The lowest BCUT2D eigenvalue weighted by Gasteiger charge is -2.57. The van der Waals surface area contributed by atoms with Crippen LogP contribution in [-0.2, 0) is 30.5 Å². The normalized spacial score (nSPS) is 22.4. The highest BCUT2D eigenvalue weighted by Gasteiger charge is 2.67. The summed E-state index contributed by atoms with van der Waals surface area (Å²) in [7, 11) is 0. The topological polar surface area (TPSA) is 93.1 Å². The lowest BCUT2D eigenvalue weighted by atomic mass is 9.75. The highest BCUT2D eigenvalue weighted by Crippen LogP contribution is 2.52. The van der Waals surface area contributed by atoms with E-state index >= 15 is 0 Å². The minimum absolute atomic E-state index is 0.0199. The molecule has 2 aliphatic heterocycles. The molecular weight excluding hydrogens is 454 g/mol. The van der Waals surface area contributed by atoms with Gasteiger partial charge in [-0.15, -0.1) is 18.3 Å². The first kappa shape index (κ1) is 23.8. The number of hydrogen-bond donors (Lipinski definition) is 1. The number of rotatable bonds is 8. The monoisotopic (exact) mass is 479 g/mol. The molecule has 1 amide bonds. The van der Waals surface area contributed by atoms with Crippen molar-refractivity contribution in [1.82, 2.24) is 4.90 Å². The lowest BCUT2D eigenvalue weighted by Crippen LogP contribution is -2.75. The summed E-state index contributed by atoms with van der Waals surface area (Å²) in [5, 5.41) is 10.8. The lowest BCUT2D eigenvalue weighted by molar-refractivity contribution is -0.181. The van der Waals surface area contributed by atoms with Gasteiger partial charge in [-0.05, 0) is 11.1 Å². The van der Waals surface area contributed by atoms with Crippen molar-refractivity contribution in [3.63, 3.8) is 0 Å². The smallest absolute Gasteiger partial charge is 0.355 e. The van der Waals surface area contributed by atoms with Crippen molar-refractivity contribution in [3.8, 4) is 0 Å². The molecule has 0 aromatic heterocycles. The Morgan fingerprint density at radius 1 is 1.15 bits per heavy atom. The maximum absolute atomic E-state index is 13.4. The fourth-order valence-corrected chi connectivity index (χ4v) is 5.66. The number of thioether (sulfide) groups is 1. The predicted octanol–water partition coefficient (Wildman–Crippen LogP) is 3.16. The van der Waals surface area contributed by atoms with Crippen molar-refractivity contribution in [2.24, 2.45) is 0 Å². The zero-order valence-corrected chi connectivity index (χ0v) is 19.5. The first-order chi connectivity index (χ1) is 16.4. The summed E-state index contributed by atoms with van der Waals surface area (Å²) in [5.41, 5.74) is 0.246. The van der Waals surface area contributed by atoms with Crippen LogP contribution in [0.5, 0.6) is 0 Å². The third-order valence-corrected chi connectivity index (χ3v) is 7.29. The summed E-state index contributed by atoms with van der Waals surface area (Å²) in [6.45, 7) is 4.99. The second-order valence-electron chi connectivity index (χ2n) is 8.08. The molecule has 0 radical (unpaired) electrons. The number of fused-ring (bicyclic) bond motifs is 1. The van der Waals surface area contributed by atoms with Crippen LogP contribution in [0.1, 0.15) is 24.0 Å². The molecule has 2 heterocycles. The van der Waals surface area contributed by atoms with E-state index in [2.05, 4.69) is 6.58 Å². The van der Waals surface area contributed by atoms with Crippen molar-refractivity contribution < 1.29 is 29.0 Å². The Morgan fingerprint density at radius 3 is 2.41 bits per heavy atom. The molecule has 2 aromatic rings. The number of nitrogens with zero attached hydrogens (tertiary/aromatic N) is 1. The first-order valence-electron chi connectivity index (χ1n) is 10.8. The van der Waals surface area contributed by atoms with Crippen molar-refractivity contribution >= 4 is 29.6 Å². The van der Waals surface area contributed by atoms with Gasteiger partial charge in [-0.25, -0.2) is 4.79 Å². The van der Waals surface area contributed by atoms with Crippen molar-refractivity contribution in [2.75, 3.05) is 12.4 Å². The molecule has 1 fully saturated rings. The number of aliphatic hydroxyl groups is 1. The van der Waals surface area contributed by atoms with E-state index in [1.165, 1.54) is 23.6 Å². The molecule has 7 nitrogen and oxygen atoms in total. The SMILES string of the molecule is C=CC(c1ccccc1)[C@@]1(O)C(=O)N2C(C(=O)OCc3ccccc3)=C(COC(C)=O)CS[C@@H]21. The summed E-state index contributed by atoms with van der Waals surface area (Å²) < 4.78 is 10.6. The van der Waals surface area contributed by atoms with Gasteiger partial charge in [0, 0.05) is 24.2 Å². The Labute approximate surface area is 202 Å². The van der Waals surface area contributed by atoms with Gasteiger partial charge in [0.05, 0.1) is 0 Å². The van der Waals surface area contributed by atoms with Crippen LogP contribution in [0.2, 0.25) is 0 Å². The number of ether oxygens (including phenoxy) is 2. The Morgan fingerprint density at radius 2 is 1.79 bits per heavy atom. The molecule has 0 spiro atoms. The van der Waals surface area contributed by atoms with E-state index in [9.17, 15) is 19.5 Å². The maximum Gasteiger partial charge on any atom is 0.355 e. The number of carbonyl (C=O) groups is 3. The summed E-state index contributed by atoms with van der Waals surface area (Å²) in [6, 6.07) is 18.3. The van der Waals surface area contributed by atoms with Gasteiger partial charge < -0.3 is 14.6 Å². The largest absolute Gasteiger partial charge is 0.461 e. The second-order valence-corrected chi connectivity index (χ2v) is 9.15. The second kappa shape index (κ2) is 9.87. The number of benzene rings is 2. The van der Waals surface area contributed by atoms with Gasteiger partial charge in [-0.3, -0.25) is 14.5 Å². The fourth-order valence-electron chi connectivity index (χ4n) is 4.22. The summed E-state index contributed by atoms with van der Waals surface area (Å²) in [6.07, 6.45) is 1.55. The minimum Gasteiger partial charge on any atom is -0.461 e. The molecule has 0 aliphatic carbocycles. The highest BCUT2D eigenvalue weighted by molar-refractivity contribution is 8.00. The van der Waals surface area contributed by atoms with E-state index in [1.54, 1.807) is 6.08 Å². The zero-order chi connectivity index (χ0) is 24.3. The van der Waals surface area contributed by atoms with Crippen LogP contribution in [0.25, 0.3) is 0 Å². The molecular formula is C26H25NO6S. The van der Waals surface area contributed by atoms with Crippen LogP contribution in [0.4, 0.5) is 0 Å². The molecule has 0 saturated carbocycles. The Hall–Kier alpha value is -3.36. The van der Waals surface area contributed by atoms with Crippen LogP contribution >= 0.6 is 11.8 Å². The predicted molar refractivity (Wildman–Crippen MR) is 127 cm³/mol. The third kappa shape index (κ3) is 4.26. The molecule has 1 N–H and O–H groups in total. The number of amides is 1. The number of hydrogen-bond acceptors (Lipinski definition) is 7. The summed E-state index contributed by atoms with van der Waals surface area (Å²) in [5.74, 6) is -2.20. The standard InChI is InChI=1S/C26H25NO6S/c1-3-21(19-12-8-5-9-13-19)26(31)24(30)27-22(20(15-32-17(2)28)16-34-25(26)27)23(29)33-14-18-10-6-4-7-11-18/h3-13,21,25,31H,1,14-16H2,2H3/t21?,25-,26-/m1/s1. The van der Waals surface area contributed by atoms with Gasteiger partial charge in [0.2, 0.25) is 0 Å². The van der Waals surface area contributed by atoms with E-state index in [-0.39, 0.29) is 18.9 Å². The van der Waals surface area contributed by atoms with E-state index < -0.39 is 34.7 Å². The molecule has 34 heavy (non-hydrogen) atoms. The Bertz CT molecular complexity index is 1130. The number of carbonyl (C=O) groups excluding carboxylic acids is 3. The van der Waals surface area contributed by atoms with Crippen molar-refractivity contribution in [2.45, 2.75) is 30.4 Å². The number of β-lactam (4-membered cyclic amide) rings is 1. The molecule has 4 rings (SSSR count). The van der Waals surface area contributed by atoms with Crippen LogP contribution in [0, 0.1) is 0 Å². The minimum atomic E-state index is -1.77. The van der Waals surface area contributed by atoms with Gasteiger partial charge in [0.1, 0.15) is 24.3 Å². The van der Waals surface area contributed by atoms with Gasteiger partial charge in [0.15, 0.2) is 5.60 Å². The van der Waals surface area contributed by atoms with Crippen LogP contribution in [0.3, 0.4) is 0 Å². The van der Waals surface area contributed by atoms with Crippen LogP contribution in [-0.4, -0.2) is 51.2 Å². The molecule has 2 aliphatic rings. The van der Waals surface area contributed by atoms with Crippen LogP contribution < -0.4 is 0 Å². The summed E-state index contributed by atoms with van der Waals surface area (Å²) in [4.78, 5) is 39.2. The Kier molecular flexibility index (Phi) is 6.90. The molecule has 0 bridgehead atoms. The van der Waals surface area contributed by atoms with Crippen molar-refractivity contribution in [3.05, 3.63) is 95.7 Å². The first-order valence-corrected chi connectivity index (χ1v) is 11.8. The quantitative estimate of drug-likeness (QED) is 0.353. The average Bonchev–Trinajstić information content (AvgIpc) is 2.86. The fraction of sp³-hybridized carbons (Fsp3) is 0.269. The molecule has 8 heteroatoms. The van der Waals surface area contributed by atoms with Crippen molar-refractivity contribution in [1.29, 1.82) is 0 Å². The summed E-state index contributed by atoms with van der Waals surface area (Å²) >= 11 is 1.31. The zero-order valence-electron chi connectivity index (χ0n) is 18.7. The highest BCUT2D eigenvalue weighted by atomic mass is 32.2. The van der Waals surface area contributed by atoms with E-state index in [0.717, 1.165) is 11.1 Å². The molecule has 3 atom stereocenters. The Balaban J connectivity index is 1.63. The van der Waals surface area contributed by atoms with Crippen LogP contribution in [0.15, 0.2) is 84.6 Å². The van der Waals surface area contributed by atoms with E-state index in [4.69, 9.17) is 9.47 Å². The molecule has 1 saturated heterocycles.